The van der Waals surface area contributed by atoms with Gasteiger partial charge in [-0.05, 0) is 72.4 Å². The number of anilines is 3. The molecule has 3 aliphatic rings. The highest BCUT2D eigenvalue weighted by Crippen LogP contribution is 2.21. The number of amides is 3. The summed E-state index contributed by atoms with van der Waals surface area (Å²) < 4.78 is 17.9. The third-order valence-electron chi connectivity index (χ3n) is 14.5. The van der Waals surface area contributed by atoms with Crippen LogP contribution in [0.4, 0.5) is 17.1 Å². The molecule has 3 heterocycles. The molecule has 79 heavy (non-hydrogen) atoms. The van der Waals surface area contributed by atoms with Gasteiger partial charge in [0.15, 0.2) is 0 Å². The molecule has 1 unspecified atom stereocenters. The van der Waals surface area contributed by atoms with Gasteiger partial charge in [-0.1, -0.05) is 174 Å². The Bertz CT molecular complexity index is 2310. The van der Waals surface area contributed by atoms with Crippen molar-refractivity contribution in [2.24, 2.45) is 0 Å². The quantitative estimate of drug-likeness (QED) is 0.0698. The monoisotopic (exact) mass is 1070 g/mol. The lowest BCUT2D eigenvalue weighted by Gasteiger charge is -2.35. The predicted molar refractivity (Wildman–Crippen MR) is 323 cm³/mol. The van der Waals surface area contributed by atoms with E-state index in [0.717, 1.165) is 115 Å². The van der Waals surface area contributed by atoms with Gasteiger partial charge in [-0.3, -0.25) is 29.1 Å². The Hall–Kier alpha value is -6.51. The van der Waals surface area contributed by atoms with Crippen LogP contribution in [0.5, 0.6) is 0 Å². The zero-order valence-electron chi connectivity index (χ0n) is 46.5. The fourth-order valence-corrected chi connectivity index (χ4v) is 10.1. The molecule has 3 fully saturated rings. The summed E-state index contributed by atoms with van der Waals surface area (Å²) in [6, 6.07) is 61.4. The molecule has 0 bridgehead atoms. The number of carbonyl (C=O) groups is 3. The first-order valence-electron chi connectivity index (χ1n) is 28.5. The highest BCUT2D eigenvalue weighted by Gasteiger charge is 2.28. The van der Waals surface area contributed by atoms with Crippen molar-refractivity contribution in [3.8, 4) is 0 Å². The Morgan fingerprint density at radius 3 is 0.835 bits per heavy atom. The van der Waals surface area contributed by atoms with Crippen molar-refractivity contribution in [2.75, 3.05) is 113 Å². The lowest BCUT2D eigenvalue weighted by Crippen LogP contribution is -2.49. The van der Waals surface area contributed by atoms with Gasteiger partial charge in [0.2, 0.25) is 17.7 Å². The summed E-state index contributed by atoms with van der Waals surface area (Å²) >= 11 is 0. The van der Waals surface area contributed by atoms with Crippen LogP contribution in [-0.4, -0.2) is 149 Å². The molecule has 12 nitrogen and oxygen atoms in total. The van der Waals surface area contributed by atoms with E-state index in [0.29, 0.717) is 38.9 Å². The molecule has 0 spiro atoms. The van der Waals surface area contributed by atoms with E-state index >= 15 is 0 Å². The van der Waals surface area contributed by atoms with Crippen LogP contribution in [0.15, 0.2) is 182 Å². The molecule has 0 N–H and O–H groups in total. The standard InChI is InChI=1S/3C22H28N2O2.CH4/c3*1-2-22(25)24(20-11-7-4-8-12-20)18-21-17-23(15-16-26-21)14-13-19-9-5-3-6-10-19;/h3*3-12,21H,2,13-18H2,1H3;1H4/t2*21-;;/m10../s1. The van der Waals surface area contributed by atoms with Gasteiger partial charge in [-0.15, -0.1) is 0 Å². The molecule has 0 aromatic heterocycles. The summed E-state index contributed by atoms with van der Waals surface area (Å²) in [6.07, 6.45) is 4.79. The number of rotatable bonds is 21. The first kappa shape index (κ1) is 61.7. The number of para-hydroxylation sites is 3. The van der Waals surface area contributed by atoms with E-state index in [1.165, 1.54) is 16.7 Å². The number of nitrogens with zero attached hydrogens (tertiary/aromatic N) is 6. The lowest BCUT2D eigenvalue weighted by atomic mass is 10.1. The normalized spacial score (nSPS) is 17.6. The maximum absolute atomic E-state index is 12.4. The van der Waals surface area contributed by atoms with Crippen LogP contribution in [-0.2, 0) is 47.9 Å². The Morgan fingerprint density at radius 2 is 0.608 bits per heavy atom. The minimum atomic E-state index is 0. The summed E-state index contributed by atoms with van der Waals surface area (Å²) in [4.78, 5) is 50.2. The number of morpholine rings is 3. The largest absolute Gasteiger partial charge is 0.374 e. The van der Waals surface area contributed by atoms with E-state index in [2.05, 4.69) is 106 Å². The highest BCUT2D eigenvalue weighted by atomic mass is 16.5. The van der Waals surface area contributed by atoms with Gasteiger partial charge in [0.05, 0.1) is 57.8 Å². The smallest absolute Gasteiger partial charge is 0.226 e. The first-order chi connectivity index (χ1) is 38.3. The molecular formula is C67H88N6O6. The van der Waals surface area contributed by atoms with Crippen molar-refractivity contribution in [3.05, 3.63) is 199 Å². The topological polar surface area (TPSA) is 98.3 Å². The number of benzene rings is 6. The van der Waals surface area contributed by atoms with Crippen molar-refractivity contribution in [3.63, 3.8) is 0 Å². The Balaban J connectivity index is 0.000000190. The molecule has 0 aliphatic carbocycles. The highest BCUT2D eigenvalue weighted by molar-refractivity contribution is 5.94. The van der Waals surface area contributed by atoms with Gasteiger partial charge in [-0.25, -0.2) is 0 Å². The maximum atomic E-state index is 12.4. The molecule has 0 saturated carbocycles. The zero-order valence-corrected chi connectivity index (χ0v) is 46.5. The Morgan fingerprint density at radius 1 is 0.380 bits per heavy atom. The summed E-state index contributed by atoms with van der Waals surface area (Å²) in [7, 11) is 0. The number of ether oxygens (including phenoxy) is 3. The molecule has 0 radical (unpaired) electrons. The van der Waals surface area contributed by atoms with Gasteiger partial charge >= 0.3 is 0 Å². The van der Waals surface area contributed by atoms with E-state index in [4.69, 9.17) is 14.2 Å². The number of carbonyl (C=O) groups excluding carboxylic acids is 3. The van der Waals surface area contributed by atoms with Crippen LogP contribution in [0.1, 0.15) is 64.2 Å². The molecule has 3 saturated heterocycles. The molecule has 9 rings (SSSR count). The second kappa shape index (κ2) is 34.5. The summed E-state index contributed by atoms with van der Waals surface area (Å²) in [5.74, 6) is 0.420. The summed E-state index contributed by atoms with van der Waals surface area (Å²) in [6.45, 7) is 18.3. The van der Waals surface area contributed by atoms with Crippen molar-refractivity contribution < 1.29 is 28.6 Å². The van der Waals surface area contributed by atoms with Crippen LogP contribution in [0.25, 0.3) is 0 Å². The molecule has 3 aliphatic heterocycles. The SMILES string of the molecule is C.CCC(=O)N(CC1CN(CCc2ccccc2)CCO1)c1ccccc1.CCC(=O)N(C[C@@H]1CN(CCc2ccccc2)CCO1)c1ccccc1.CCC(=O)N(C[C@H]1CN(CCc2ccccc2)CCO1)c1ccccc1. The fraction of sp³-hybridized carbons (Fsp3) is 0.418. The van der Waals surface area contributed by atoms with E-state index in [-0.39, 0.29) is 43.5 Å². The number of hydrogen-bond donors (Lipinski definition) is 0. The van der Waals surface area contributed by atoms with E-state index in [1.807, 2.05) is 126 Å². The fourth-order valence-electron chi connectivity index (χ4n) is 10.1. The average molecular weight is 1070 g/mol. The van der Waals surface area contributed by atoms with Crippen molar-refractivity contribution in [2.45, 2.75) is 85.0 Å². The minimum Gasteiger partial charge on any atom is -0.374 e. The van der Waals surface area contributed by atoms with Crippen molar-refractivity contribution in [1.29, 1.82) is 0 Å². The lowest BCUT2D eigenvalue weighted by molar-refractivity contribution is -0.119. The van der Waals surface area contributed by atoms with Crippen LogP contribution < -0.4 is 14.7 Å². The minimum absolute atomic E-state index is 0. The van der Waals surface area contributed by atoms with E-state index in [1.54, 1.807) is 0 Å². The molecule has 6 aromatic rings. The average Bonchev–Trinajstić information content (AvgIpc) is 3.53. The Kier molecular flexibility index (Phi) is 26.9. The summed E-state index contributed by atoms with van der Waals surface area (Å²) in [5.41, 5.74) is 6.94. The van der Waals surface area contributed by atoms with Gasteiger partial charge in [0.1, 0.15) is 0 Å². The van der Waals surface area contributed by atoms with Gasteiger partial charge in [-0.2, -0.15) is 0 Å². The summed E-state index contributed by atoms with van der Waals surface area (Å²) in [5, 5.41) is 0. The second-order valence-electron chi connectivity index (χ2n) is 20.2. The van der Waals surface area contributed by atoms with E-state index in [9.17, 15) is 14.4 Å². The third kappa shape index (κ3) is 20.9. The van der Waals surface area contributed by atoms with Gasteiger partial charge in [0, 0.05) is 95.2 Å². The number of hydrogen-bond acceptors (Lipinski definition) is 9. The molecular weight excluding hydrogens is 985 g/mol. The molecule has 3 amide bonds. The van der Waals surface area contributed by atoms with Crippen molar-refractivity contribution in [1.82, 2.24) is 14.7 Å². The van der Waals surface area contributed by atoms with E-state index < -0.39 is 0 Å². The van der Waals surface area contributed by atoms with Crippen LogP contribution in [0, 0.1) is 0 Å². The second-order valence-corrected chi connectivity index (χ2v) is 20.2. The molecule has 422 valence electrons. The molecule has 12 heteroatoms. The maximum Gasteiger partial charge on any atom is 0.226 e. The zero-order chi connectivity index (χ0) is 54.6. The van der Waals surface area contributed by atoms with Gasteiger partial charge in [0.25, 0.3) is 0 Å². The third-order valence-corrected chi connectivity index (χ3v) is 14.5. The van der Waals surface area contributed by atoms with Crippen molar-refractivity contribution >= 4 is 34.8 Å². The van der Waals surface area contributed by atoms with Crippen LogP contribution in [0.3, 0.4) is 0 Å². The predicted octanol–water partition coefficient (Wildman–Crippen LogP) is 10.8. The van der Waals surface area contributed by atoms with Crippen LogP contribution >= 0.6 is 0 Å². The molecule has 3 atom stereocenters. The first-order valence-corrected chi connectivity index (χ1v) is 28.5. The van der Waals surface area contributed by atoms with Crippen LogP contribution in [0.2, 0.25) is 0 Å². The molecule has 6 aromatic carbocycles. The Labute approximate surface area is 472 Å². The van der Waals surface area contributed by atoms with Gasteiger partial charge < -0.3 is 28.9 Å².